The van der Waals surface area contributed by atoms with Gasteiger partial charge >= 0.3 is 0 Å². The summed E-state index contributed by atoms with van der Waals surface area (Å²) in [6, 6.07) is 5.99. The standard InChI is InChI=1S/C16H23N3O/c1-10-6-7-14-13(8-10)11(2)9-16(4,5)19(14)12(3)15(20)18-17/h6-9,12H,17H2,1-5H3,(H,18,20). The molecule has 1 amide bonds. The number of benzene rings is 1. The number of hydrazine groups is 1. The van der Waals surface area contributed by atoms with Crippen LogP contribution in [0.15, 0.2) is 24.3 Å². The van der Waals surface area contributed by atoms with Gasteiger partial charge < -0.3 is 4.90 Å². The summed E-state index contributed by atoms with van der Waals surface area (Å²) in [5.74, 6) is 5.12. The maximum absolute atomic E-state index is 12.0. The average Bonchev–Trinajstić information content (AvgIpc) is 2.37. The van der Waals surface area contributed by atoms with Gasteiger partial charge in [0.25, 0.3) is 5.91 Å². The summed E-state index contributed by atoms with van der Waals surface area (Å²) >= 11 is 0. The van der Waals surface area contributed by atoms with Crippen molar-refractivity contribution >= 4 is 17.2 Å². The quantitative estimate of drug-likeness (QED) is 0.494. The number of nitrogens with zero attached hydrogens (tertiary/aromatic N) is 1. The van der Waals surface area contributed by atoms with Crippen LogP contribution in [0.2, 0.25) is 0 Å². The number of rotatable bonds is 2. The molecular weight excluding hydrogens is 250 g/mol. The fourth-order valence-electron chi connectivity index (χ4n) is 3.11. The highest BCUT2D eigenvalue weighted by molar-refractivity contribution is 5.89. The van der Waals surface area contributed by atoms with Gasteiger partial charge in [0.05, 0.1) is 5.54 Å². The van der Waals surface area contributed by atoms with Crippen LogP contribution in [0.25, 0.3) is 5.57 Å². The Morgan fingerprint density at radius 2 is 2.00 bits per heavy atom. The molecule has 20 heavy (non-hydrogen) atoms. The van der Waals surface area contributed by atoms with Crippen LogP contribution in [0.4, 0.5) is 5.69 Å². The topological polar surface area (TPSA) is 58.4 Å². The Bertz CT molecular complexity index is 575. The lowest BCUT2D eigenvalue weighted by atomic mass is 9.86. The van der Waals surface area contributed by atoms with E-state index in [9.17, 15) is 4.79 Å². The summed E-state index contributed by atoms with van der Waals surface area (Å²) in [5.41, 5.74) is 6.73. The van der Waals surface area contributed by atoms with E-state index in [1.54, 1.807) is 0 Å². The van der Waals surface area contributed by atoms with Gasteiger partial charge in [-0.15, -0.1) is 0 Å². The van der Waals surface area contributed by atoms with Crippen LogP contribution in [0, 0.1) is 6.92 Å². The van der Waals surface area contributed by atoms with E-state index in [1.165, 1.54) is 16.7 Å². The normalized spacial score (nSPS) is 18.1. The lowest BCUT2D eigenvalue weighted by molar-refractivity contribution is -0.122. The Morgan fingerprint density at radius 1 is 1.35 bits per heavy atom. The van der Waals surface area contributed by atoms with Crippen molar-refractivity contribution in [2.24, 2.45) is 5.84 Å². The minimum atomic E-state index is -0.333. The molecule has 0 radical (unpaired) electrons. The van der Waals surface area contributed by atoms with E-state index in [2.05, 4.69) is 62.3 Å². The lowest BCUT2D eigenvalue weighted by Gasteiger charge is -2.46. The van der Waals surface area contributed by atoms with Crippen LogP contribution in [-0.4, -0.2) is 17.5 Å². The highest BCUT2D eigenvalue weighted by atomic mass is 16.2. The van der Waals surface area contributed by atoms with E-state index in [0.29, 0.717) is 0 Å². The van der Waals surface area contributed by atoms with E-state index < -0.39 is 0 Å². The summed E-state index contributed by atoms with van der Waals surface area (Å²) in [7, 11) is 0. The van der Waals surface area contributed by atoms with Crippen molar-refractivity contribution in [2.45, 2.75) is 46.2 Å². The number of anilines is 1. The Labute approximate surface area is 120 Å². The second-order valence-corrected chi connectivity index (χ2v) is 6.06. The third-order valence-electron chi connectivity index (χ3n) is 3.94. The van der Waals surface area contributed by atoms with E-state index in [0.717, 1.165) is 5.69 Å². The Kier molecular flexibility index (Phi) is 3.61. The van der Waals surface area contributed by atoms with Gasteiger partial charge in [0.15, 0.2) is 0 Å². The number of carbonyl (C=O) groups is 1. The molecule has 108 valence electrons. The smallest absolute Gasteiger partial charge is 0.256 e. The van der Waals surface area contributed by atoms with E-state index in [-0.39, 0.29) is 17.5 Å². The minimum Gasteiger partial charge on any atom is -0.351 e. The predicted octanol–water partition coefficient (Wildman–Crippen LogP) is 2.38. The molecule has 0 saturated heterocycles. The summed E-state index contributed by atoms with van der Waals surface area (Å²) in [4.78, 5) is 14.1. The molecule has 0 spiro atoms. The van der Waals surface area contributed by atoms with Crippen LogP contribution in [-0.2, 0) is 4.79 Å². The van der Waals surface area contributed by atoms with Gasteiger partial charge in [0.1, 0.15) is 6.04 Å². The SMILES string of the molecule is CC1=CC(C)(C)N(C(C)C(=O)NN)c2ccc(C)cc21. The molecule has 1 atom stereocenters. The zero-order valence-electron chi connectivity index (χ0n) is 12.8. The number of nitrogens with two attached hydrogens (primary N) is 1. The molecule has 2 rings (SSSR count). The molecule has 1 aliphatic rings. The fraction of sp³-hybridized carbons (Fsp3) is 0.438. The first kappa shape index (κ1) is 14.6. The first-order valence-electron chi connectivity index (χ1n) is 6.88. The van der Waals surface area contributed by atoms with Crippen LogP contribution in [0.1, 0.15) is 38.8 Å². The number of aryl methyl sites for hydroxylation is 1. The number of carbonyl (C=O) groups excluding carboxylic acids is 1. The zero-order chi connectivity index (χ0) is 15.1. The van der Waals surface area contributed by atoms with Crippen molar-refractivity contribution in [1.82, 2.24) is 5.43 Å². The largest absolute Gasteiger partial charge is 0.351 e. The first-order valence-corrected chi connectivity index (χ1v) is 6.88. The maximum atomic E-state index is 12.0. The van der Waals surface area contributed by atoms with Gasteiger partial charge in [0, 0.05) is 11.3 Å². The van der Waals surface area contributed by atoms with Crippen molar-refractivity contribution in [3.05, 3.63) is 35.4 Å². The fourth-order valence-corrected chi connectivity index (χ4v) is 3.11. The third-order valence-corrected chi connectivity index (χ3v) is 3.94. The van der Waals surface area contributed by atoms with Crippen LogP contribution in [0.5, 0.6) is 0 Å². The molecule has 1 unspecified atom stereocenters. The Hall–Kier alpha value is -1.81. The second-order valence-electron chi connectivity index (χ2n) is 6.06. The second kappa shape index (κ2) is 4.94. The molecule has 4 nitrogen and oxygen atoms in total. The highest BCUT2D eigenvalue weighted by Gasteiger charge is 2.36. The summed E-state index contributed by atoms with van der Waals surface area (Å²) < 4.78 is 0. The van der Waals surface area contributed by atoms with Crippen molar-refractivity contribution < 1.29 is 4.79 Å². The number of hydrogen-bond acceptors (Lipinski definition) is 3. The molecule has 1 aliphatic heterocycles. The van der Waals surface area contributed by atoms with Crippen LogP contribution < -0.4 is 16.2 Å². The number of nitrogens with one attached hydrogen (secondary N) is 1. The average molecular weight is 273 g/mol. The highest BCUT2D eigenvalue weighted by Crippen LogP contribution is 2.40. The molecule has 1 aromatic rings. The van der Waals surface area contributed by atoms with Crippen molar-refractivity contribution in [3.63, 3.8) is 0 Å². The lowest BCUT2D eigenvalue weighted by Crippen LogP contribution is -2.56. The van der Waals surface area contributed by atoms with Gasteiger partial charge in [0.2, 0.25) is 0 Å². The van der Waals surface area contributed by atoms with Crippen molar-refractivity contribution in [2.75, 3.05) is 4.90 Å². The zero-order valence-corrected chi connectivity index (χ0v) is 12.8. The van der Waals surface area contributed by atoms with Gasteiger partial charge in [-0.1, -0.05) is 17.7 Å². The monoisotopic (exact) mass is 273 g/mol. The molecule has 0 aromatic heterocycles. The van der Waals surface area contributed by atoms with E-state index in [4.69, 9.17) is 5.84 Å². The first-order chi connectivity index (χ1) is 9.27. The number of amides is 1. The maximum Gasteiger partial charge on any atom is 0.256 e. The molecule has 1 heterocycles. The summed E-state index contributed by atoms with van der Waals surface area (Å²) in [6.07, 6.45) is 2.20. The molecule has 3 N–H and O–H groups in total. The number of fused-ring (bicyclic) bond motifs is 1. The van der Waals surface area contributed by atoms with Gasteiger partial charge in [-0.05, 0) is 52.3 Å². The molecular formula is C16H23N3O. The van der Waals surface area contributed by atoms with E-state index in [1.807, 2.05) is 6.92 Å². The molecule has 1 aromatic carbocycles. The Balaban J connectivity index is 2.59. The third kappa shape index (κ3) is 2.31. The van der Waals surface area contributed by atoms with Gasteiger partial charge in [-0.2, -0.15) is 0 Å². The van der Waals surface area contributed by atoms with Crippen LogP contribution in [0.3, 0.4) is 0 Å². The Morgan fingerprint density at radius 3 is 2.60 bits per heavy atom. The molecule has 0 saturated carbocycles. The van der Waals surface area contributed by atoms with Gasteiger partial charge in [-0.3, -0.25) is 10.2 Å². The summed E-state index contributed by atoms with van der Waals surface area (Å²) in [6.45, 7) is 10.3. The molecule has 0 fully saturated rings. The molecule has 4 heteroatoms. The predicted molar refractivity (Wildman–Crippen MR) is 83.2 cm³/mol. The molecule has 0 aliphatic carbocycles. The van der Waals surface area contributed by atoms with Crippen LogP contribution >= 0.6 is 0 Å². The van der Waals surface area contributed by atoms with E-state index >= 15 is 0 Å². The minimum absolute atomic E-state index is 0.183. The number of hydrogen-bond donors (Lipinski definition) is 2. The van der Waals surface area contributed by atoms with Gasteiger partial charge in [-0.25, -0.2) is 5.84 Å². The van der Waals surface area contributed by atoms with Crippen molar-refractivity contribution in [1.29, 1.82) is 0 Å². The summed E-state index contributed by atoms with van der Waals surface area (Å²) in [5, 5.41) is 0. The molecule has 0 bridgehead atoms. The van der Waals surface area contributed by atoms with Crippen molar-refractivity contribution in [3.8, 4) is 0 Å². The number of allylic oxidation sites excluding steroid dienone is 1.